The third-order valence-corrected chi connectivity index (χ3v) is 5.35. The van der Waals surface area contributed by atoms with Gasteiger partial charge < -0.3 is 14.4 Å². The minimum atomic E-state index is -0.398. The van der Waals surface area contributed by atoms with Gasteiger partial charge in [0.1, 0.15) is 5.83 Å². The highest BCUT2D eigenvalue weighted by atomic mass is 19.1. The smallest absolute Gasteiger partial charge is 0.255 e. The van der Waals surface area contributed by atoms with Crippen molar-refractivity contribution in [3.05, 3.63) is 65.0 Å². The number of rotatable bonds is 4. The SMILES string of the molecule is COC1C=C(F)C=CC1[C@@H]1CN(c2nc(-c3ccncc3)cc(=O)n2C)CCO1. The number of nitrogens with zero attached hydrogens (tertiary/aromatic N) is 4. The summed E-state index contributed by atoms with van der Waals surface area (Å²) in [5.74, 6) is 0.144. The highest BCUT2D eigenvalue weighted by Crippen LogP contribution is 2.28. The van der Waals surface area contributed by atoms with Gasteiger partial charge in [0.25, 0.3) is 5.56 Å². The van der Waals surface area contributed by atoms with Crippen molar-refractivity contribution >= 4 is 5.95 Å². The predicted molar refractivity (Wildman–Crippen MR) is 107 cm³/mol. The second-order valence-corrected chi connectivity index (χ2v) is 7.12. The van der Waals surface area contributed by atoms with Gasteiger partial charge in [-0.3, -0.25) is 14.3 Å². The van der Waals surface area contributed by atoms with Crippen LogP contribution < -0.4 is 10.5 Å². The molecule has 29 heavy (non-hydrogen) atoms. The maximum absolute atomic E-state index is 13.6. The van der Waals surface area contributed by atoms with Crippen LogP contribution in [0.4, 0.5) is 10.3 Å². The molecule has 2 aromatic rings. The Morgan fingerprint density at radius 3 is 2.86 bits per heavy atom. The first-order valence-electron chi connectivity index (χ1n) is 9.50. The number of anilines is 1. The van der Waals surface area contributed by atoms with Crippen LogP contribution in [0.3, 0.4) is 0 Å². The Morgan fingerprint density at radius 2 is 2.10 bits per heavy atom. The molecular formula is C21H23FN4O3. The lowest BCUT2D eigenvalue weighted by atomic mass is 9.90. The van der Waals surface area contributed by atoms with Gasteiger partial charge in [-0.05, 0) is 24.3 Å². The van der Waals surface area contributed by atoms with Crippen molar-refractivity contribution in [2.75, 3.05) is 31.7 Å². The Labute approximate surface area is 168 Å². The minimum absolute atomic E-state index is 0.122. The van der Waals surface area contributed by atoms with E-state index in [-0.39, 0.29) is 23.4 Å². The summed E-state index contributed by atoms with van der Waals surface area (Å²) in [6.45, 7) is 1.60. The molecule has 0 bridgehead atoms. The quantitative estimate of drug-likeness (QED) is 0.786. The largest absolute Gasteiger partial charge is 0.377 e. The summed E-state index contributed by atoms with van der Waals surface area (Å²) in [7, 11) is 3.27. The zero-order chi connectivity index (χ0) is 20.4. The van der Waals surface area contributed by atoms with E-state index < -0.39 is 6.10 Å². The zero-order valence-corrected chi connectivity index (χ0v) is 16.4. The molecule has 0 saturated carbocycles. The monoisotopic (exact) mass is 398 g/mol. The van der Waals surface area contributed by atoms with Gasteiger partial charge in [0, 0.05) is 57.2 Å². The summed E-state index contributed by atoms with van der Waals surface area (Å²) in [6.07, 6.45) is 7.43. The summed E-state index contributed by atoms with van der Waals surface area (Å²) in [4.78, 5) is 23.4. The van der Waals surface area contributed by atoms with Gasteiger partial charge in [-0.1, -0.05) is 6.08 Å². The minimum Gasteiger partial charge on any atom is -0.377 e. The average molecular weight is 398 g/mol. The Hall–Kier alpha value is -2.84. The lowest BCUT2D eigenvalue weighted by molar-refractivity contribution is -0.0273. The number of hydrogen-bond donors (Lipinski definition) is 0. The maximum atomic E-state index is 13.6. The number of allylic oxidation sites excluding steroid dienone is 2. The van der Waals surface area contributed by atoms with E-state index in [4.69, 9.17) is 14.5 Å². The van der Waals surface area contributed by atoms with Crippen molar-refractivity contribution in [3.63, 3.8) is 0 Å². The molecule has 1 saturated heterocycles. The topological polar surface area (TPSA) is 69.5 Å². The van der Waals surface area contributed by atoms with E-state index in [1.54, 1.807) is 32.6 Å². The van der Waals surface area contributed by atoms with E-state index in [9.17, 15) is 9.18 Å². The lowest BCUT2D eigenvalue weighted by Crippen LogP contribution is -2.50. The van der Waals surface area contributed by atoms with E-state index in [0.717, 1.165) is 5.56 Å². The number of methoxy groups -OCH3 is 1. The van der Waals surface area contributed by atoms with E-state index in [1.165, 1.54) is 22.8 Å². The lowest BCUT2D eigenvalue weighted by Gasteiger charge is -2.39. The molecule has 4 rings (SSSR count). The highest BCUT2D eigenvalue weighted by Gasteiger charge is 2.34. The van der Waals surface area contributed by atoms with Crippen LogP contribution in [-0.2, 0) is 16.5 Å². The summed E-state index contributed by atoms with van der Waals surface area (Å²) < 4.78 is 26.6. The van der Waals surface area contributed by atoms with Crippen LogP contribution in [0.2, 0.25) is 0 Å². The van der Waals surface area contributed by atoms with Gasteiger partial charge in [0.2, 0.25) is 5.95 Å². The third-order valence-electron chi connectivity index (χ3n) is 5.35. The van der Waals surface area contributed by atoms with Crippen LogP contribution in [0.25, 0.3) is 11.3 Å². The van der Waals surface area contributed by atoms with Gasteiger partial charge in [0.15, 0.2) is 0 Å². The van der Waals surface area contributed by atoms with Crippen molar-refractivity contribution in [1.82, 2.24) is 14.5 Å². The molecule has 7 nitrogen and oxygen atoms in total. The van der Waals surface area contributed by atoms with Crippen molar-refractivity contribution in [2.24, 2.45) is 13.0 Å². The molecule has 3 heterocycles. The zero-order valence-electron chi connectivity index (χ0n) is 16.4. The van der Waals surface area contributed by atoms with Crippen LogP contribution in [0.5, 0.6) is 0 Å². The molecule has 0 N–H and O–H groups in total. The molecule has 0 aromatic carbocycles. The van der Waals surface area contributed by atoms with Gasteiger partial charge in [-0.15, -0.1) is 0 Å². The first-order valence-corrected chi connectivity index (χ1v) is 9.50. The number of aromatic nitrogens is 3. The van der Waals surface area contributed by atoms with Crippen LogP contribution in [0, 0.1) is 5.92 Å². The second-order valence-electron chi connectivity index (χ2n) is 7.12. The van der Waals surface area contributed by atoms with E-state index in [0.29, 0.717) is 31.3 Å². The van der Waals surface area contributed by atoms with Crippen LogP contribution in [0.1, 0.15) is 0 Å². The number of morpholine rings is 1. The standard InChI is InChI=1S/C21H23FN4O3/c1-25-20(27)12-17(14-5-7-23-8-6-14)24-21(25)26-9-10-29-19(13-26)16-4-3-15(22)11-18(16)28-2/h3-8,11-12,16,18-19H,9-10,13H2,1-2H3/t16?,18?,19-/m0/s1. The first-order chi connectivity index (χ1) is 14.1. The van der Waals surface area contributed by atoms with Crippen molar-refractivity contribution in [2.45, 2.75) is 12.2 Å². The molecule has 2 aliphatic rings. The normalized spacial score (nSPS) is 24.4. The van der Waals surface area contributed by atoms with E-state index >= 15 is 0 Å². The Bertz CT molecular complexity index is 989. The van der Waals surface area contributed by atoms with E-state index in [1.807, 2.05) is 17.0 Å². The summed E-state index contributed by atoms with van der Waals surface area (Å²) in [5, 5.41) is 0. The molecule has 1 aliphatic carbocycles. The molecular weight excluding hydrogens is 375 g/mol. The van der Waals surface area contributed by atoms with Gasteiger partial charge in [-0.2, -0.15) is 0 Å². The molecule has 8 heteroatoms. The molecule has 0 amide bonds. The summed E-state index contributed by atoms with van der Waals surface area (Å²) in [6, 6.07) is 5.17. The van der Waals surface area contributed by atoms with Gasteiger partial charge in [0.05, 0.1) is 24.5 Å². The number of pyridine rings is 1. The molecule has 3 atom stereocenters. The summed E-state index contributed by atoms with van der Waals surface area (Å²) in [5.41, 5.74) is 1.30. The van der Waals surface area contributed by atoms with E-state index in [2.05, 4.69) is 4.98 Å². The number of ether oxygens (including phenoxy) is 2. The van der Waals surface area contributed by atoms with Gasteiger partial charge in [-0.25, -0.2) is 9.37 Å². The first kappa shape index (κ1) is 19.5. The molecule has 2 unspecified atom stereocenters. The summed E-state index contributed by atoms with van der Waals surface area (Å²) >= 11 is 0. The molecule has 0 spiro atoms. The molecule has 2 aromatic heterocycles. The van der Waals surface area contributed by atoms with Crippen LogP contribution >= 0.6 is 0 Å². The fraction of sp³-hybridized carbons (Fsp3) is 0.381. The fourth-order valence-electron chi connectivity index (χ4n) is 3.77. The number of hydrogen-bond acceptors (Lipinski definition) is 6. The van der Waals surface area contributed by atoms with Crippen molar-refractivity contribution < 1.29 is 13.9 Å². The molecule has 1 aliphatic heterocycles. The average Bonchev–Trinajstić information content (AvgIpc) is 2.76. The Kier molecular flexibility index (Phi) is 5.55. The third kappa shape index (κ3) is 3.99. The maximum Gasteiger partial charge on any atom is 0.255 e. The van der Waals surface area contributed by atoms with Crippen LogP contribution in [-0.4, -0.2) is 53.5 Å². The molecule has 1 fully saturated rings. The molecule has 152 valence electrons. The highest BCUT2D eigenvalue weighted by molar-refractivity contribution is 5.59. The van der Waals surface area contributed by atoms with Crippen LogP contribution in [0.15, 0.2) is 59.4 Å². The van der Waals surface area contributed by atoms with Gasteiger partial charge >= 0.3 is 0 Å². The second kappa shape index (κ2) is 8.26. The molecule has 0 radical (unpaired) electrons. The Morgan fingerprint density at radius 1 is 1.31 bits per heavy atom. The van der Waals surface area contributed by atoms with Crippen molar-refractivity contribution in [3.8, 4) is 11.3 Å². The predicted octanol–water partition coefficient (Wildman–Crippen LogP) is 2.10. The Balaban J connectivity index is 1.63. The van der Waals surface area contributed by atoms with Crippen molar-refractivity contribution in [1.29, 1.82) is 0 Å². The number of halogens is 1. The fourth-order valence-corrected chi connectivity index (χ4v) is 3.77.